The van der Waals surface area contributed by atoms with Crippen molar-refractivity contribution < 1.29 is 24.2 Å². The van der Waals surface area contributed by atoms with Crippen molar-refractivity contribution in [2.45, 2.75) is 24.5 Å². The number of hydrogen-bond acceptors (Lipinski definition) is 4. The van der Waals surface area contributed by atoms with E-state index >= 15 is 0 Å². The van der Waals surface area contributed by atoms with Gasteiger partial charge in [0.2, 0.25) is 0 Å². The minimum atomic E-state index is -1.04. The van der Waals surface area contributed by atoms with Gasteiger partial charge in [-0.3, -0.25) is 4.90 Å². The maximum absolute atomic E-state index is 12.6. The first-order valence-corrected chi connectivity index (χ1v) is 8.97. The zero-order valence-electron chi connectivity index (χ0n) is 15.0. The normalized spacial score (nSPS) is 21.0. The van der Waals surface area contributed by atoms with E-state index in [2.05, 4.69) is 12.1 Å². The molecular formula is C21H21NO5. The standard InChI is InChI=1S/C21H21NO5/c1-26-13-10-19(20(23)24)22(11-13)21(25)27-12-18-16-8-4-2-6-14(16)15-7-3-5-9-17(15)18/h2-9,13,18-19H,10-12H2,1H3,(H,23,24)/t13-,19-/m1/s1. The summed E-state index contributed by atoms with van der Waals surface area (Å²) >= 11 is 0. The summed E-state index contributed by atoms with van der Waals surface area (Å²) in [5, 5.41) is 9.38. The van der Waals surface area contributed by atoms with Crippen LogP contribution in [0.2, 0.25) is 0 Å². The molecule has 27 heavy (non-hydrogen) atoms. The average molecular weight is 367 g/mol. The quantitative estimate of drug-likeness (QED) is 0.899. The van der Waals surface area contributed by atoms with Crippen molar-refractivity contribution in [2.75, 3.05) is 20.3 Å². The van der Waals surface area contributed by atoms with E-state index in [1.165, 1.54) is 12.0 Å². The number of methoxy groups -OCH3 is 1. The second kappa shape index (κ2) is 7.04. The number of fused-ring (bicyclic) bond motifs is 3. The van der Waals surface area contributed by atoms with Crippen LogP contribution in [0.1, 0.15) is 23.5 Å². The van der Waals surface area contributed by atoms with Crippen LogP contribution in [0.3, 0.4) is 0 Å². The molecular weight excluding hydrogens is 346 g/mol. The predicted octanol–water partition coefficient (Wildman–Crippen LogP) is 3.11. The van der Waals surface area contributed by atoms with E-state index in [1.807, 2.05) is 36.4 Å². The molecule has 4 rings (SSSR count). The number of rotatable bonds is 4. The molecule has 0 spiro atoms. The van der Waals surface area contributed by atoms with Gasteiger partial charge < -0.3 is 14.6 Å². The number of carbonyl (C=O) groups excluding carboxylic acids is 1. The molecule has 0 bridgehead atoms. The van der Waals surface area contributed by atoms with Crippen molar-refractivity contribution in [3.05, 3.63) is 59.7 Å². The molecule has 2 aromatic carbocycles. The van der Waals surface area contributed by atoms with E-state index in [1.54, 1.807) is 0 Å². The summed E-state index contributed by atoms with van der Waals surface area (Å²) < 4.78 is 10.8. The zero-order valence-corrected chi connectivity index (χ0v) is 15.0. The molecule has 1 N–H and O–H groups in total. The number of likely N-dealkylation sites (tertiary alicyclic amines) is 1. The van der Waals surface area contributed by atoms with Crippen LogP contribution in [-0.4, -0.2) is 54.5 Å². The molecule has 1 fully saturated rings. The van der Waals surface area contributed by atoms with Crippen LogP contribution in [0.5, 0.6) is 0 Å². The first-order valence-electron chi connectivity index (χ1n) is 8.97. The second-order valence-corrected chi connectivity index (χ2v) is 6.90. The largest absolute Gasteiger partial charge is 0.480 e. The van der Waals surface area contributed by atoms with E-state index in [0.29, 0.717) is 0 Å². The van der Waals surface area contributed by atoms with Crippen LogP contribution >= 0.6 is 0 Å². The van der Waals surface area contributed by atoms with Gasteiger partial charge >= 0.3 is 12.1 Å². The maximum atomic E-state index is 12.6. The van der Waals surface area contributed by atoms with Gasteiger partial charge in [-0.15, -0.1) is 0 Å². The van der Waals surface area contributed by atoms with E-state index in [-0.39, 0.29) is 31.6 Å². The van der Waals surface area contributed by atoms with Gasteiger partial charge in [0, 0.05) is 19.4 Å². The molecule has 1 amide bonds. The Hall–Kier alpha value is -2.86. The fourth-order valence-electron chi connectivity index (χ4n) is 4.08. The number of benzene rings is 2. The van der Waals surface area contributed by atoms with Crippen LogP contribution in [0.25, 0.3) is 11.1 Å². The Morgan fingerprint density at radius 3 is 2.22 bits per heavy atom. The Morgan fingerprint density at radius 1 is 1.07 bits per heavy atom. The summed E-state index contributed by atoms with van der Waals surface area (Å²) in [7, 11) is 1.52. The minimum absolute atomic E-state index is 0.0505. The molecule has 1 saturated heterocycles. The van der Waals surface area contributed by atoms with E-state index in [4.69, 9.17) is 9.47 Å². The van der Waals surface area contributed by atoms with Crippen LogP contribution in [0.4, 0.5) is 4.79 Å². The number of amides is 1. The van der Waals surface area contributed by atoms with Crippen molar-refractivity contribution in [1.82, 2.24) is 4.90 Å². The topological polar surface area (TPSA) is 76.1 Å². The monoisotopic (exact) mass is 367 g/mol. The number of ether oxygens (including phenoxy) is 2. The zero-order chi connectivity index (χ0) is 19.0. The van der Waals surface area contributed by atoms with Gasteiger partial charge in [-0.25, -0.2) is 9.59 Å². The molecule has 6 nitrogen and oxygen atoms in total. The summed E-state index contributed by atoms with van der Waals surface area (Å²) in [6, 6.07) is 15.3. The fraction of sp³-hybridized carbons (Fsp3) is 0.333. The summed E-state index contributed by atoms with van der Waals surface area (Å²) in [5.41, 5.74) is 4.55. The highest BCUT2D eigenvalue weighted by molar-refractivity contribution is 5.81. The third kappa shape index (κ3) is 3.06. The summed E-state index contributed by atoms with van der Waals surface area (Å²) in [4.78, 5) is 25.3. The van der Waals surface area contributed by atoms with E-state index < -0.39 is 18.1 Å². The molecule has 0 unspecified atom stereocenters. The molecule has 0 aromatic heterocycles. The third-order valence-electron chi connectivity index (χ3n) is 5.45. The Kier molecular flexibility index (Phi) is 4.58. The molecule has 1 aliphatic carbocycles. The van der Waals surface area contributed by atoms with Crippen LogP contribution in [0, 0.1) is 0 Å². The molecule has 6 heteroatoms. The summed E-state index contributed by atoms with van der Waals surface area (Å²) in [5.74, 6) is -1.09. The SMILES string of the molecule is CO[C@@H]1C[C@H](C(=O)O)N(C(=O)OCC2c3ccccc3-c3ccccc32)C1. The molecule has 2 aromatic rings. The van der Waals surface area contributed by atoms with Gasteiger partial charge in [0.15, 0.2) is 0 Å². The average Bonchev–Trinajstić information content (AvgIpc) is 3.26. The van der Waals surface area contributed by atoms with Crippen LogP contribution in [0.15, 0.2) is 48.5 Å². The van der Waals surface area contributed by atoms with Gasteiger partial charge in [0.05, 0.1) is 12.6 Å². The van der Waals surface area contributed by atoms with Crippen LogP contribution < -0.4 is 0 Å². The molecule has 0 saturated carbocycles. The van der Waals surface area contributed by atoms with E-state index in [9.17, 15) is 14.7 Å². The Balaban J connectivity index is 1.52. The maximum Gasteiger partial charge on any atom is 0.410 e. The van der Waals surface area contributed by atoms with Crippen LogP contribution in [-0.2, 0) is 14.3 Å². The number of aliphatic carboxylic acids is 1. The minimum Gasteiger partial charge on any atom is -0.480 e. The van der Waals surface area contributed by atoms with E-state index in [0.717, 1.165) is 22.3 Å². The highest BCUT2D eigenvalue weighted by Crippen LogP contribution is 2.44. The fourth-order valence-corrected chi connectivity index (χ4v) is 4.08. The summed E-state index contributed by atoms with van der Waals surface area (Å²) in [6.45, 7) is 0.400. The molecule has 0 radical (unpaired) electrons. The summed E-state index contributed by atoms with van der Waals surface area (Å²) in [6.07, 6.45) is -0.619. The molecule has 1 heterocycles. The molecule has 140 valence electrons. The number of carboxylic acid groups (broad SMARTS) is 1. The lowest BCUT2D eigenvalue weighted by Gasteiger charge is -2.22. The van der Waals surface area contributed by atoms with Gasteiger partial charge in [0.25, 0.3) is 0 Å². The number of carboxylic acids is 1. The predicted molar refractivity (Wildman–Crippen MR) is 98.6 cm³/mol. The lowest BCUT2D eigenvalue weighted by atomic mass is 9.98. The van der Waals surface area contributed by atoms with Crippen molar-refractivity contribution >= 4 is 12.1 Å². The lowest BCUT2D eigenvalue weighted by molar-refractivity contribution is -0.141. The van der Waals surface area contributed by atoms with Crippen molar-refractivity contribution in [2.24, 2.45) is 0 Å². The third-order valence-corrected chi connectivity index (χ3v) is 5.45. The Labute approximate surface area is 157 Å². The van der Waals surface area contributed by atoms with Gasteiger partial charge in [-0.2, -0.15) is 0 Å². The van der Waals surface area contributed by atoms with Crippen molar-refractivity contribution in [3.8, 4) is 11.1 Å². The van der Waals surface area contributed by atoms with Crippen molar-refractivity contribution in [3.63, 3.8) is 0 Å². The lowest BCUT2D eigenvalue weighted by Crippen LogP contribution is -2.41. The molecule has 1 aliphatic heterocycles. The second-order valence-electron chi connectivity index (χ2n) is 6.90. The van der Waals surface area contributed by atoms with Gasteiger partial charge in [-0.1, -0.05) is 48.5 Å². The first kappa shape index (κ1) is 17.5. The highest BCUT2D eigenvalue weighted by atomic mass is 16.6. The van der Waals surface area contributed by atoms with Crippen molar-refractivity contribution in [1.29, 1.82) is 0 Å². The Morgan fingerprint density at radius 2 is 1.67 bits per heavy atom. The molecule has 2 aliphatic rings. The number of nitrogens with zero attached hydrogens (tertiary/aromatic N) is 1. The van der Waals surface area contributed by atoms with Gasteiger partial charge in [-0.05, 0) is 22.3 Å². The highest BCUT2D eigenvalue weighted by Gasteiger charge is 2.41. The van der Waals surface area contributed by atoms with Gasteiger partial charge in [0.1, 0.15) is 12.6 Å². The number of carbonyl (C=O) groups is 2. The smallest absolute Gasteiger partial charge is 0.410 e. The first-order chi connectivity index (χ1) is 13.1. The number of hydrogen-bond donors (Lipinski definition) is 1. The Bertz CT molecular complexity index is 835. The molecule has 2 atom stereocenters.